The van der Waals surface area contributed by atoms with Gasteiger partial charge in [0.25, 0.3) is 0 Å². The molecule has 4 nitrogen and oxygen atoms in total. The van der Waals surface area contributed by atoms with Crippen molar-refractivity contribution in [3.63, 3.8) is 0 Å². The summed E-state index contributed by atoms with van der Waals surface area (Å²) in [5.74, 6) is -1.09. The summed E-state index contributed by atoms with van der Waals surface area (Å²) in [6, 6.07) is 7.20. The molecular weight excluding hydrogens is 303 g/mol. The molecule has 0 bridgehead atoms. The zero-order valence-electron chi connectivity index (χ0n) is 10.4. The fourth-order valence-electron chi connectivity index (χ4n) is 1.73. The molecule has 0 aliphatic rings. The molecule has 0 aromatic heterocycles. The molecule has 20 heavy (non-hydrogen) atoms. The number of phenolic OH excluding ortho intramolecular Hbond substituents is 2. The van der Waals surface area contributed by atoms with E-state index in [1.165, 1.54) is 37.4 Å². The molecule has 0 fully saturated rings. The van der Waals surface area contributed by atoms with Crippen LogP contribution in [0, 0.1) is 0 Å². The number of carbonyl (C=O) groups excluding carboxylic acids is 1. The van der Waals surface area contributed by atoms with Crippen molar-refractivity contribution in [1.29, 1.82) is 0 Å². The van der Waals surface area contributed by atoms with Crippen molar-refractivity contribution in [2.75, 3.05) is 7.11 Å². The third kappa shape index (κ3) is 2.40. The molecule has 0 saturated heterocycles. The Hall–Kier alpha value is -1.91. The molecule has 0 amide bonds. The van der Waals surface area contributed by atoms with Crippen LogP contribution in [-0.2, 0) is 0 Å². The number of phenols is 2. The van der Waals surface area contributed by atoms with Gasteiger partial charge in [0, 0.05) is 0 Å². The Labute approximate surface area is 125 Å². The van der Waals surface area contributed by atoms with Gasteiger partial charge < -0.3 is 14.9 Å². The maximum atomic E-state index is 12.3. The average Bonchev–Trinajstić information content (AvgIpc) is 2.44. The minimum atomic E-state index is -0.591. The second-order valence-corrected chi connectivity index (χ2v) is 4.73. The fraction of sp³-hybridized carbons (Fsp3) is 0.0714. The number of halogens is 2. The van der Waals surface area contributed by atoms with E-state index in [1.54, 1.807) is 0 Å². The molecule has 0 aliphatic heterocycles. The number of ketones is 1. The molecule has 2 rings (SSSR count). The number of rotatable bonds is 3. The molecule has 0 atom stereocenters. The average molecular weight is 313 g/mol. The van der Waals surface area contributed by atoms with Gasteiger partial charge in [0.2, 0.25) is 5.78 Å². The molecule has 0 unspecified atom stereocenters. The summed E-state index contributed by atoms with van der Waals surface area (Å²) >= 11 is 11.6. The summed E-state index contributed by atoms with van der Waals surface area (Å²) in [6.45, 7) is 0. The molecule has 2 N–H and O–H groups in total. The zero-order chi connectivity index (χ0) is 14.9. The predicted octanol–water partition coefficient (Wildman–Crippen LogP) is 3.64. The van der Waals surface area contributed by atoms with E-state index in [9.17, 15) is 15.0 Å². The summed E-state index contributed by atoms with van der Waals surface area (Å²) in [6.07, 6.45) is 0. The fourth-order valence-corrected chi connectivity index (χ4v) is 2.15. The normalized spacial score (nSPS) is 10.3. The number of aromatic hydroxyl groups is 2. The van der Waals surface area contributed by atoms with Crippen LogP contribution in [0.5, 0.6) is 17.2 Å². The molecule has 0 heterocycles. The third-order valence-electron chi connectivity index (χ3n) is 2.78. The van der Waals surface area contributed by atoms with Gasteiger partial charge in [0.1, 0.15) is 22.3 Å². The molecule has 0 saturated carbocycles. The summed E-state index contributed by atoms with van der Waals surface area (Å²) in [5, 5.41) is 19.7. The van der Waals surface area contributed by atoms with E-state index in [2.05, 4.69) is 0 Å². The summed E-state index contributed by atoms with van der Waals surface area (Å²) in [5.41, 5.74) is -0.0672. The molecule has 0 radical (unpaired) electrons. The Bertz CT molecular complexity index is 683. The number of hydrogen-bond donors (Lipinski definition) is 2. The summed E-state index contributed by atoms with van der Waals surface area (Å²) in [4.78, 5) is 12.3. The standard InChI is InChI=1S/C14H10Cl2O4/c1-20-10-6-5-8(14(19)11(10)16)12(17)7-3-2-4-9(15)13(7)18/h2-6,18-19H,1H3. The van der Waals surface area contributed by atoms with E-state index >= 15 is 0 Å². The Balaban J connectivity index is 2.55. The highest BCUT2D eigenvalue weighted by Gasteiger charge is 2.21. The third-order valence-corrected chi connectivity index (χ3v) is 3.45. The number of methoxy groups -OCH3 is 1. The van der Waals surface area contributed by atoms with Crippen molar-refractivity contribution in [2.24, 2.45) is 0 Å². The van der Waals surface area contributed by atoms with Crippen LogP contribution in [0.1, 0.15) is 15.9 Å². The predicted molar refractivity (Wildman–Crippen MR) is 76.2 cm³/mol. The van der Waals surface area contributed by atoms with Gasteiger partial charge in [-0.1, -0.05) is 29.3 Å². The lowest BCUT2D eigenvalue weighted by Crippen LogP contribution is -2.03. The van der Waals surface area contributed by atoms with Crippen LogP contribution in [0.15, 0.2) is 30.3 Å². The van der Waals surface area contributed by atoms with E-state index in [0.29, 0.717) is 0 Å². The first-order chi connectivity index (χ1) is 9.47. The van der Waals surface area contributed by atoms with Crippen LogP contribution in [-0.4, -0.2) is 23.1 Å². The Morgan fingerprint density at radius 1 is 1.05 bits per heavy atom. The second kappa shape index (κ2) is 5.61. The van der Waals surface area contributed by atoms with Gasteiger partial charge in [-0.15, -0.1) is 0 Å². The lowest BCUT2D eigenvalue weighted by molar-refractivity contribution is 0.103. The molecule has 2 aromatic carbocycles. The lowest BCUT2D eigenvalue weighted by Gasteiger charge is -2.10. The Morgan fingerprint density at radius 2 is 1.70 bits per heavy atom. The van der Waals surface area contributed by atoms with E-state index in [4.69, 9.17) is 27.9 Å². The van der Waals surface area contributed by atoms with Crippen molar-refractivity contribution in [3.8, 4) is 17.2 Å². The first-order valence-corrected chi connectivity index (χ1v) is 6.30. The van der Waals surface area contributed by atoms with Crippen LogP contribution >= 0.6 is 23.2 Å². The Kier molecular flexibility index (Phi) is 4.06. The number of benzene rings is 2. The zero-order valence-corrected chi connectivity index (χ0v) is 11.9. The van der Waals surface area contributed by atoms with Gasteiger partial charge in [0.05, 0.1) is 23.3 Å². The van der Waals surface area contributed by atoms with Crippen molar-refractivity contribution >= 4 is 29.0 Å². The molecule has 104 valence electrons. The van der Waals surface area contributed by atoms with Crippen LogP contribution in [0.4, 0.5) is 0 Å². The van der Waals surface area contributed by atoms with E-state index in [1.807, 2.05) is 0 Å². The van der Waals surface area contributed by atoms with Gasteiger partial charge in [-0.05, 0) is 24.3 Å². The summed E-state index contributed by atoms with van der Waals surface area (Å²) < 4.78 is 4.94. The Morgan fingerprint density at radius 3 is 2.35 bits per heavy atom. The minimum absolute atomic E-state index is 0.0194. The number of carbonyl (C=O) groups is 1. The van der Waals surface area contributed by atoms with E-state index < -0.39 is 11.5 Å². The van der Waals surface area contributed by atoms with Crippen molar-refractivity contribution in [2.45, 2.75) is 0 Å². The highest BCUT2D eigenvalue weighted by molar-refractivity contribution is 6.35. The van der Waals surface area contributed by atoms with Crippen LogP contribution in [0.3, 0.4) is 0 Å². The highest BCUT2D eigenvalue weighted by Crippen LogP contribution is 2.38. The van der Waals surface area contributed by atoms with Gasteiger partial charge in [-0.2, -0.15) is 0 Å². The monoisotopic (exact) mass is 312 g/mol. The first kappa shape index (κ1) is 14.5. The SMILES string of the molecule is COc1ccc(C(=O)c2cccc(Cl)c2O)c(O)c1Cl. The molecule has 6 heteroatoms. The quantitative estimate of drug-likeness (QED) is 0.849. The molecular formula is C14H10Cl2O4. The smallest absolute Gasteiger partial charge is 0.200 e. The number of para-hydroxylation sites is 1. The molecule has 0 spiro atoms. The van der Waals surface area contributed by atoms with E-state index in [-0.39, 0.29) is 32.7 Å². The lowest BCUT2D eigenvalue weighted by atomic mass is 10.0. The second-order valence-electron chi connectivity index (χ2n) is 3.94. The molecule has 2 aromatic rings. The van der Waals surface area contributed by atoms with Gasteiger partial charge in [0.15, 0.2) is 0 Å². The minimum Gasteiger partial charge on any atom is -0.506 e. The molecule has 0 aliphatic carbocycles. The van der Waals surface area contributed by atoms with Gasteiger partial charge in [-0.25, -0.2) is 0 Å². The first-order valence-electron chi connectivity index (χ1n) is 5.55. The maximum absolute atomic E-state index is 12.3. The maximum Gasteiger partial charge on any atom is 0.200 e. The van der Waals surface area contributed by atoms with Crippen LogP contribution < -0.4 is 4.74 Å². The van der Waals surface area contributed by atoms with Crippen LogP contribution in [0.2, 0.25) is 10.0 Å². The number of hydrogen-bond acceptors (Lipinski definition) is 4. The summed E-state index contributed by atoms with van der Waals surface area (Å²) in [7, 11) is 1.39. The highest BCUT2D eigenvalue weighted by atomic mass is 35.5. The van der Waals surface area contributed by atoms with Crippen molar-refractivity contribution < 1.29 is 19.7 Å². The van der Waals surface area contributed by atoms with Gasteiger partial charge >= 0.3 is 0 Å². The number of ether oxygens (including phenoxy) is 1. The van der Waals surface area contributed by atoms with Crippen LogP contribution in [0.25, 0.3) is 0 Å². The topological polar surface area (TPSA) is 66.8 Å². The van der Waals surface area contributed by atoms with Gasteiger partial charge in [-0.3, -0.25) is 4.79 Å². The van der Waals surface area contributed by atoms with Crippen molar-refractivity contribution in [3.05, 3.63) is 51.5 Å². The van der Waals surface area contributed by atoms with E-state index in [0.717, 1.165) is 0 Å². The largest absolute Gasteiger partial charge is 0.506 e. The van der Waals surface area contributed by atoms with Crippen molar-refractivity contribution in [1.82, 2.24) is 0 Å².